The third-order valence-electron chi connectivity index (χ3n) is 1.40. The van der Waals surface area contributed by atoms with Crippen LogP contribution in [0.4, 0.5) is 13.2 Å². The maximum Gasteiger partial charge on any atom is 0.573 e. The Hall–Kier alpha value is -0.220. The van der Waals surface area contributed by atoms with Gasteiger partial charge in [0, 0.05) is 14.3 Å². The smallest absolute Gasteiger partial charge is 0.404 e. The number of halogens is 5. The van der Waals surface area contributed by atoms with Crippen molar-refractivity contribution in [2.45, 2.75) is 11.3 Å². The van der Waals surface area contributed by atoms with Crippen molar-refractivity contribution in [1.29, 1.82) is 0 Å². The summed E-state index contributed by atoms with van der Waals surface area (Å²) in [4.78, 5) is -0.686. The molecule has 0 saturated heterocycles. The molecule has 0 N–H and O–H groups in total. The number of benzene rings is 1. The van der Waals surface area contributed by atoms with Crippen molar-refractivity contribution >= 4 is 42.3 Å². The molecule has 90 valence electrons. The first-order valence-corrected chi connectivity index (χ1v) is 6.99. The van der Waals surface area contributed by atoms with Crippen molar-refractivity contribution in [3.05, 3.63) is 21.8 Å². The summed E-state index contributed by atoms with van der Waals surface area (Å²) in [6, 6.07) is 3.42. The number of alkyl halides is 3. The lowest BCUT2D eigenvalue weighted by atomic mass is 10.3. The van der Waals surface area contributed by atoms with E-state index in [-0.39, 0.29) is 3.57 Å². The fourth-order valence-electron chi connectivity index (χ4n) is 0.931. The van der Waals surface area contributed by atoms with Crippen LogP contribution >= 0.6 is 33.3 Å². The van der Waals surface area contributed by atoms with E-state index in [1.165, 1.54) is 12.1 Å². The Morgan fingerprint density at radius 3 is 2.31 bits per heavy atom. The summed E-state index contributed by atoms with van der Waals surface area (Å²) >= 11 is 1.55. The van der Waals surface area contributed by atoms with E-state index >= 15 is 0 Å². The summed E-state index contributed by atoms with van der Waals surface area (Å²) in [5.74, 6) is -0.839. The topological polar surface area (TPSA) is 43.4 Å². The Bertz CT molecular complexity index is 500. The first-order valence-electron chi connectivity index (χ1n) is 3.60. The molecular weight excluding hydrogens is 383 g/mol. The van der Waals surface area contributed by atoms with Crippen LogP contribution < -0.4 is 4.74 Å². The molecule has 0 aliphatic heterocycles. The molecule has 0 aliphatic carbocycles. The second kappa shape index (κ2) is 4.57. The summed E-state index contributed by atoms with van der Waals surface area (Å²) < 4.78 is 61.7. The lowest BCUT2D eigenvalue weighted by molar-refractivity contribution is -0.275. The van der Waals surface area contributed by atoms with Gasteiger partial charge in [0.25, 0.3) is 9.05 Å². The maximum atomic E-state index is 12.0. The van der Waals surface area contributed by atoms with Crippen LogP contribution in [0.1, 0.15) is 0 Å². The van der Waals surface area contributed by atoms with Gasteiger partial charge in [0.2, 0.25) is 0 Å². The molecule has 16 heavy (non-hydrogen) atoms. The molecule has 0 heterocycles. The van der Waals surface area contributed by atoms with Gasteiger partial charge in [0.05, 0.1) is 0 Å². The van der Waals surface area contributed by atoms with Crippen molar-refractivity contribution in [3.8, 4) is 5.75 Å². The Labute approximate surface area is 107 Å². The van der Waals surface area contributed by atoms with Crippen LogP contribution in [0.25, 0.3) is 0 Å². The SMILES string of the molecule is O=S(=O)(Cl)c1c(I)cccc1OC(F)(F)F. The van der Waals surface area contributed by atoms with Crippen molar-refractivity contribution in [1.82, 2.24) is 0 Å². The molecule has 1 rings (SSSR count). The van der Waals surface area contributed by atoms with E-state index < -0.39 is 26.1 Å². The molecule has 1 aromatic rings. The first kappa shape index (κ1) is 13.8. The molecule has 0 bridgehead atoms. The van der Waals surface area contributed by atoms with Crippen LogP contribution in [-0.2, 0) is 9.05 Å². The molecule has 9 heteroatoms. The van der Waals surface area contributed by atoms with E-state index in [0.717, 1.165) is 6.07 Å². The zero-order valence-electron chi connectivity index (χ0n) is 7.25. The standard InChI is InChI=1S/C7H3ClF3IO3S/c8-16(13,14)6-4(12)2-1-3-5(6)15-7(9,10)11/h1-3H. The highest BCUT2D eigenvalue weighted by Gasteiger charge is 2.34. The average Bonchev–Trinajstić information content (AvgIpc) is 1.97. The van der Waals surface area contributed by atoms with E-state index in [1.807, 2.05) is 0 Å². The van der Waals surface area contributed by atoms with Gasteiger partial charge in [0.15, 0.2) is 5.75 Å². The Morgan fingerprint density at radius 2 is 1.88 bits per heavy atom. The van der Waals surface area contributed by atoms with Crippen LogP contribution in [-0.4, -0.2) is 14.8 Å². The Kier molecular flexibility index (Phi) is 3.95. The van der Waals surface area contributed by atoms with Crippen LogP contribution in [0.5, 0.6) is 5.75 Å². The van der Waals surface area contributed by atoms with Gasteiger partial charge in [-0.25, -0.2) is 8.42 Å². The minimum absolute atomic E-state index is 0.0503. The summed E-state index contributed by atoms with van der Waals surface area (Å²) in [5.41, 5.74) is 0. The van der Waals surface area contributed by atoms with Gasteiger partial charge in [-0.1, -0.05) is 6.07 Å². The number of hydrogen-bond donors (Lipinski definition) is 0. The minimum atomic E-state index is -4.97. The number of hydrogen-bond acceptors (Lipinski definition) is 3. The fourth-order valence-corrected chi connectivity index (χ4v) is 3.79. The summed E-state index contributed by atoms with van der Waals surface area (Å²) in [6.07, 6.45) is -4.97. The Morgan fingerprint density at radius 1 is 1.31 bits per heavy atom. The Balaban J connectivity index is 3.36. The quantitative estimate of drug-likeness (QED) is 0.579. The molecule has 0 amide bonds. The summed E-state index contributed by atoms with van der Waals surface area (Å²) in [7, 11) is 0.721. The highest BCUT2D eigenvalue weighted by Crippen LogP contribution is 2.34. The van der Waals surface area contributed by atoms with Gasteiger partial charge in [-0.3, -0.25) is 0 Å². The number of rotatable bonds is 2. The molecule has 0 saturated carbocycles. The predicted molar refractivity (Wildman–Crippen MR) is 58.9 cm³/mol. The van der Waals surface area contributed by atoms with E-state index in [0.29, 0.717) is 0 Å². The molecule has 0 aromatic heterocycles. The number of ether oxygens (including phenoxy) is 1. The highest BCUT2D eigenvalue weighted by atomic mass is 127. The maximum absolute atomic E-state index is 12.0. The molecule has 0 fully saturated rings. The minimum Gasteiger partial charge on any atom is -0.404 e. The van der Waals surface area contributed by atoms with E-state index in [1.54, 1.807) is 22.6 Å². The van der Waals surface area contributed by atoms with Gasteiger partial charge in [-0.05, 0) is 34.7 Å². The van der Waals surface area contributed by atoms with Crippen LogP contribution in [0.2, 0.25) is 0 Å². The molecule has 0 spiro atoms. The van der Waals surface area contributed by atoms with E-state index in [2.05, 4.69) is 4.74 Å². The fraction of sp³-hybridized carbons (Fsp3) is 0.143. The molecule has 0 radical (unpaired) electrons. The van der Waals surface area contributed by atoms with Crippen LogP contribution in [0, 0.1) is 3.57 Å². The van der Waals surface area contributed by atoms with Crippen LogP contribution in [0.15, 0.2) is 23.1 Å². The van der Waals surface area contributed by atoms with Crippen molar-refractivity contribution < 1.29 is 26.3 Å². The summed E-state index contributed by atoms with van der Waals surface area (Å²) in [6.45, 7) is 0. The summed E-state index contributed by atoms with van der Waals surface area (Å²) in [5, 5.41) is 0. The van der Waals surface area contributed by atoms with Crippen LogP contribution in [0.3, 0.4) is 0 Å². The van der Waals surface area contributed by atoms with E-state index in [4.69, 9.17) is 10.7 Å². The third kappa shape index (κ3) is 3.67. The zero-order valence-corrected chi connectivity index (χ0v) is 11.0. The largest absolute Gasteiger partial charge is 0.573 e. The van der Waals surface area contributed by atoms with Crippen molar-refractivity contribution in [2.75, 3.05) is 0 Å². The molecule has 0 aliphatic rings. The third-order valence-corrected chi connectivity index (χ3v) is 4.04. The first-order chi connectivity index (χ1) is 7.11. The van der Waals surface area contributed by atoms with Gasteiger partial charge in [-0.2, -0.15) is 0 Å². The molecule has 0 atom stereocenters. The average molecular weight is 387 g/mol. The van der Waals surface area contributed by atoms with Gasteiger partial charge < -0.3 is 4.74 Å². The van der Waals surface area contributed by atoms with E-state index in [9.17, 15) is 21.6 Å². The predicted octanol–water partition coefficient (Wildman–Crippen LogP) is 3.12. The molecule has 0 unspecified atom stereocenters. The second-order valence-electron chi connectivity index (χ2n) is 2.55. The van der Waals surface area contributed by atoms with Crippen molar-refractivity contribution in [3.63, 3.8) is 0 Å². The highest BCUT2D eigenvalue weighted by molar-refractivity contribution is 14.1. The second-order valence-corrected chi connectivity index (χ2v) is 6.22. The molecular formula is C7H3ClF3IO3S. The van der Waals surface area contributed by atoms with Gasteiger partial charge >= 0.3 is 6.36 Å². The molecule has 1 aromatic carbocycles. The lowest BCUT2D eigenvalue weighted by Crippen LogP contribution is -2.18. The van der Waals surface area contributed by atoms with Gasteiger partial charge in [-0.15, -0.1) is 13.2 Å². The normalized spacial score (nSPS) is 12.6. The zero-order chi connectivity index (χ0) is 12.6. The monoisotopic (exact) mass is 386 g/mol. The van der Waals surface area contributed by atoms with Crippen molar-refractivity contribution in [2.24, 2.45) is 0 Å². The van der Waals surface area contributed by atoms with Gasteiger partial charge in [0.1, 0.15) is 4.90 Å². The molecule has 3 nitrogen and oxygen atoms in total. The lowest BCUT2D eigenvalue weighted by Gasteiger charge is -2.12.